The molecule has 0 N–H and O–H groups in total. The molecule has 7 nitrogen and oxygen atoms in total. The van der Waals surface area contributed by atoms with Crippen LogP contribution >= 0.6 is 0 Å². The first-order valence-corrected chi connectivity index (χ1v) is 8.32. The van der Waals surface area contributed by atoms with Gasteiger partial charge in [0, 0.05) is 31.4 Å². The van der Waals surface area contributed by atoms with Crippen molar-refractivity contribution in [3.63, 3.8) is 0 Å². The first kappa shape index (κ1) is 18.2. The van der Waals surface area contributed by atoms with E-state index in [4.69, 9.17) is 0 Å². The lowest BCUT2D eigenvalue weighted by Gasteiger charge is -2.20. The standard InChI is InChI=1S/C19H17FN4O3/c1-2-22(13-14-5-3-6-15(20)11-14)19(25)18-9-10-23(21-18)16-7-4-8-17(12-16)24(26)27/h3-12H,2,13H2,1H3. The summed E-state index contributed by atoms with van der Waals surface area (Å²) in [5.74, 6) is -0.656. The lowest BCUT2D eigenvalue weighted by atomic mass is 10.2. The molecule has 1 heterocycles. The van der Waals surface area contributed by atoms with Gasteiger partial charge in [-0.2, -0.15) is 5.10 Å². The maximum absolute atomic E-state index is 13.4. The summed E-state index contributed by atoms with van der Waals surface area (Å²) in [6.07, 6.45) is 1.57. The van der Waals surface area contributed by atoms with Gasteiger partial charge in [0.15, 0.2) is 5.69 Å². The maximum Gasteiger partial charge on any atom is 0.274 e. The van der Waals surface area contributed by atoms with Gasteiger partial charge in [0.05, 0.1) is 10.6 Å². The number of carbonyl (C=O) groups excluding carboxylic acids is 1. The van der Waals surface area contributed by atoms with E-state index >= 15 is 0 Å². The van der Waals surface area contributed by atoms with Gasteiger partial charge in [0.25, 0.3) is 11.6 Å². The van der Waals surface area contributed by atoms with Gasteiger partial charge in [-0.3, -0.25) is 14.9 Å². The number of rotatable bonds is 6. The molecule has 0 atom stereocenters. The maximum atomic E-state index is 13.4. The molecule has 3 rings (SSSR count). The third-order valence-corrected chi connectivity index (χ3v) is 4.04. The SMILES string of the molecule is CCN(Cc1cccc(F)c1)C(=O)c1ccn(-c2cccc([N+](=O)[O-])c2)n1. The van der Waals surface area contributed by atoms with Crippen LogP contribution in [0.4, 0.5) is 10.1 Å². The Morgan fingerprint density at radius 3 is 2.70 bits per heavy atom. The Hall–Kier alpha value is -3.55. The average Bonchev–Trinajstić information content (AvgIpc) is 3.16. The van der Waals surface area contributed by atoms with Crippen LogP contribution in [0.1, 0.15) is 23.0 Å². The van der Waals surface area contributed by atoms with Crippen molar-refractivity contribution in [3.8, 4) is 5.69 Å². The number of benzene rings is 2. The van der Waals surface area contributed by atoms with Gasteiger partial charge in [0.1, 0.15) is 5.82 Å². The van der Waals surface area contributed by atoms with Crippen molar-refractivity contribution in [1.82, 2.24) is 14.7 Å². The third-order valence-electron chi connectivity index (χ3n) is 4.04. The summed E-state index contributed by atoms with van der Waals surface area (Å²) >= 11 is 0. The molecule has 0 radical (unpaired) electrons. The van der Waals surface area contributed by atoms with Gasteiger partial charge in [-0.05, 0) is 36.8 Å². The highest BCUT2D eigenvalue weighted by Gasteiger charge is 2.18. The van der Waals surface area contributed by atoms with Crippen molar-refractivity contribution in [2.75, 3.05) is 6.54 Å². The van der Waals surface area contributed by atoms with Gasteiger partial charge in [-0.25, -0.2) is 9.07 Å². The summed E-state index contributed by atoms with van der Waals surface area (Å²) in [7, 11) is 0. The number of amides is 1. The van der Waals surface area contributed by atoms with E-state index in [0.717, 1.165) is 0 Å². The Labute approximate surface area is 154 Å². The lowest BCUT2D eigenvalue weighted by Crippen LogP contribution is -2.30. The molecule has 0 spiro atoms. The van der Waals surface area contributed by atoms with Gasteiger partial charge in [0.2, 0.25) is 0 Å². The lowest BCUT2D eigenvalue weighted by molar-refractivity contribution is -0.384. The minimum atomic E-state index is -0.489. The summed E-state index contributed by atoms with van der Waals surface area (Å²) in [5.41, 5.74) is 1.32. The molecule has 0 fully saturated rings. The first-order chi connectivity index (χ1) is 13.0. The fraction of sp³-hybridized carbons (Fsp3) is 0.158. The number of hydrogen-bond acceptors (Lipinski definition) is 4. The van der Waals surface area contributed by atoms with Crippen LogP contribution in [0.2, 0.25) is 0 Å². The second kappa shape index (κ2) is 7.77. The molecule has 0 bridgehead atoms. The van der Waals surface area contributed by atoms with Gasteiger partial charge < -0.3 is 4.90 Å². The number of nitro groups is 1. The predicted molar refractivity (Wildman–Crippen MR) is 97.0 cm³/mol. The Kier molecular flexibility index (Phi) is 5.25. The number of aromatic nitrogens is 2. The van der Waals surface area contributed by atoms with E-state index < -0.39 is 4.92 Å². The smallest absolute Gasteiger partial charge is 0.274 e. The number of nitrogens with zero attached hydrogens (tertiary/aromatic N) is 4. The topological polar surface area (TPSA) is 81.3 Å². The molecule has 1 amide bonds. The summed E-state index contributed by atoms with van der Waals surface area (Å²) in [6.45, 7) is 2.52. The van der Waals surface area contributed by atoms with Crippen LogP contribution in [-0.4, -0.2) is 32.1 Å². The van der Waals surface area contributed by atoms with Gasteiger partial charge >= 0.3 is 0 Å². The third kappa shape index (κ3) is 4.17. The zero-order chi connectivity index (χ0) is 19.4. The normalized spacial score (nSPS) is 10.6. The number of carbonyl (C=O) groups is 1. The van der Waals surface area contributed by atoms with Crippen LogP contribution in [0.3, 0.4) is 0 Å². The highest BCUT2D eigenvalue weighted by atomic mass is 19.1. The molecular weight excluding hydrogens is 351 g/mol. The Morgan fingerprint density at radius 1 is 1.22 bits per heavy atom. The fourth-order valence-corrected chi connectivity index (χ4v) is 2.68. The molecule has 0 saturated carbocycles. The van der Waals surface area contributed by atoms with Gasteiger partial charge in [-0.15, -0.1) is 0 Å². The molecule has 3 aromatic rings. The van der Waals surface area contributed by atoms with Crippen LogP contribution < -0.4 is 0 Å². The van der Waals surface area contributed by atoms with Crippen molar-refractivity contribution in [2.24, 2.45) is 0 Å². The molecule has 8 heteroatoms. The zero-order valence-electron chi connectivity index (χ0n) is 14.6. The molecule has 0 saturated heterocycles. The van der Waals surface area contributed by atoms with Crippen molar-refractivity contribution >= 4 is 11.6 Å². The van der Waals surface area contributed by atoms with Crippen LogP contribution in [0.25, 0.3) is 5.69 Å². The average molecular weight is 368 g/mol. The van der Waals surface area contributed by atoms with E-state index in [1.54, 1.807) is 41.4 Å². The molecule has 0 aliphatic heterocycles. The quantitative estimate of drug-likeness (QED) is 0.492. The highest BCUT2D eigenvalue weighted by molar-refractivity contribution is 5.92. The summed E-state index contributed by atoms with van der Waals surface area (Å²) in [5, 5.41) is 15.1. The number of nitro benzene ring substituents is 1. The van der Waals surface area contributed by atoms with Crippen LogP contribution in [0.5, 0.6) is 0 Å². The summed E-state index contributed by atoms with van der Waals surface area (Å²) in [4.78, 5) is 24.7. The number of hydrogen-bond donors (Lipinski definition) is 0. The second-order valence-corrected chi connectivity index (χ2v) is 5.87. The van der Waals surface area contributed by atoms with Crippen LogP contribution in [0, 0.1) is 15.9 Å². The summed E-state index contributed by atoms with van der Waals surface area (Å²) in [6, 6.07) is 13.6. The number of non-ortho nitro benzene ring substituents is 1. The van der Waals surface area contributed by atoms with E-state index in [0.29, 0.717) is 17.8 Å². The van der Waals surface area contributed by atoms with E-state index in [1.807, 2.05) is 6.92 Å². The highest BCUT2D eigenvalue weighted by Crippen LogP contribution is 2.17. The minimum absolute atomic E-state index is 0.0582. The van der Waals surface area contributed by atoms with Crippen molar-refractivity contribution in [3.05, 3.63) is 88.0 Å². The van der Waals surface area contributed by atoms with E-state index in [1.165, 1.54) is 28.9 Å². The van der Waals surface area contributed by atoms with Crippen molar-refractivity contribution in [1.29, 1.82) is 0 Å². The number of halogens is 1. The Morgan fingerprint density at radius 2 is 2.00 bits per heavy atom. The molecule has 0 aliphatic carbocycles. The predicted octanol–water partition coefficient (Wildman–Crippen LogP) is 3.58. The van der Waals surface area contributed by atoms with E-state index in [9.17, 15) is 19.3 Å². The Balaban J connectivity index is 1.81. The van der Waals surface area contributed by atoms with Gasteiger partial charge in [-0.1, -0.05) is 18.2 Å². The molecule has 1 aromatic heterocycles. The molecular formula is C19H17FN4O3. The summed E-state index contributed by atoms with van der Waals surface area (Å²) < 4.78 is 14.8. The second-order valence-electron chi connectivity index (χ2n) is 5.87. The molecule has 27 heavy (non-hydrogen) atoms. The Bertz CT molecular complexity index is 986. The van der Waals surface area contributed by atoms with Crippen molar-refractivity contribution < 1.29 is 14.1 Å². The van der Waals surface area contributed by atoms with Crippen molar-refractivity contribution in [2.45, 2.75) is 13.5 Å². The molecule has 2 aromatic carbocycles. The first-order valence-electron chi connectivity index (χ1n) is 8.32. The van der Waals surface area contributed by atoms with Crippen LogP contribution in [-0.2, 0) is 6.54 Å². The zero-order valence-corrected chi connectivity index (χ0v) is 14.6. The molecule has 0 aliphatic rings. The molecule has 138 valence electrons. The monoisotopic (exact) mass is 368 g/mol. The van der Waals surface area contributed by atoms with E-state index in [-0.39, 0.29) is 29.7 Å². The minimum Gasteiger partial charge on any atom is -0.333 e. The largest absolute Gasteiger partial charge is 0.333 e. The fourth-order valence-electron chi connectivity index (χ4n) is 2.68. The molecule has 0 unspecified atom stereocenters. The van der Waals surface area contributed by atoms with E-state index in [2.05, 4.69) is 5.10 Å². The van der Waals surface area contributed by atoms with Crippen LogP contribution in [0.15, 0.2) is 60.8 Å².